The van der Waals surface area contributed by atoms with Crippen LogP contribution in [0.3, 0.4) is 0 Å². The van der Waals surface area contributed by atoms with Crippen molar-refractivity contribution in [2.75, 3.05) is 0 Å². The molecule has 0 spiro atoms. The molecule has 3 aromatic carbocycles. The van der Waals surface area contributed by atoms with Crippen LogP contribution in [0.5, 0.6) is 5.75 Å². The molecule has 1 heterocycles. The molecule has 0 aliphatic rings. The number of carbonyl (C=O) groups is 2. The Morgan fingerprint density at radius 2 is 1.52 bits per heavy atom. The van der Waals surface area contributed by atoms with Crippen LogP contribution in [0.25, 0.3) is 10.9 Å². The molecule has 0 saturated carbocycles. The molecule has 0 radical (unpaired) electrons. The Labute approximate surface area is 178 Å². The number of nitrogens with one attached hydrogen (secondary N) is 1. The van der Waals surface area contributed by atoms with Gasteiger partial charge in [-0.25, -0.2) is 4.98 Å². The maximum absolute atomic E-state index is 12.4. The number of fused-ring (bicyclic) bond motifs is 1. The maximum Gasteiger partial charge on any atom is 0.311 e. The van der Waals surface area contributed by atoms with E-state index in [1.807, 2.05) is 24.3 Å². The number of H-pyrrole nitrogens is 1. The molecule has 154 valence electrons. The van der Waals surface area contributed by atoms with Gasteiger partial charge < -0.3 is 9.72 Å². The van der Waals surface area contributed by atoms with E-state index in [0.717, 1.165) is 0 Å². The number of aryl methyl sites for hydroxylation is 1. The van der Waals surface area contributed by atoms with E-state index in [0.29, 0.717) is 46.4 Å². The van der Waals surface area contributed by atoms with Gasteiger partial charge in [0, 0.05) is 24.0 Å². The summed E-state index contributed by atoms with van der Waals surface area (Å²) in [5, 5.41) is 0.542. The molecule has 0 saturated heterocycles. The van der Waals surface area contributed by atoms with Gasteiger partial charge in [-0.1, -0.05) is 42.5 Å². The highest BCUT2D eigenvalue weighted by molar-refractivity contribution is 6.09. The lowest BCUT2D eigenvalue weighted by Crippen LogP contribution is -2.13. The van der Waals surface area contributed by atoms with E-state index in [2.05, 4.69) is 9.97 Å². The monoisotopic (exact) mass is 412 g/mol. The first-order valence-electron chi connectivity index (χ1n) is 9.98. The summed E-state index contributed by atoms with van der Waals surface area (Å²) in [4.78, 5) is 43.8. The van der Waals surface area contributed by atoms with E-state index in [-0.39, 0.29) is 23.7 Å². The van der Waals surface area contributed by atoms with Gasteiger partial charge in [0.05, 0.1) is 10.9 Å². The Kier molecular flexibility index (Phi) is 5.98. The molecule has 0 amide bonds. The number of esters is 1. The van der Waals surface area contributed by atoms with Gasteiger partial charge in [-0.2, -0.15) is 0 Å². The van der Waals surface area contributed by atoms with Gasteiger partial charge in [-0.3, -0.25) is 14.4 Å². The molecule has 1 N–H and O–H groups in total. The van der Waals surface area contributed by atoms with E-state index in [1.165, 1.54) is 0 Å². The van der Waals surface area contributed by atoms with Crippen molar-refractivity contribution < 1.29 is 14.3 Å². The van der Waals surface area contributed by atoms with Gasteiger partial charge in [0.2, 0.25) is 0 Å². The minimum Gasteiger partial charge on any atom is -0.427 e. The first kappa shape index (κ1) is 20.2. The van der Waals surface area contributed by atoms with Crippen LogP contribution in [0.1, 0.15) is 34.6 Å². The normalized spacial score (nSPS) is 10.7. The first-order chi connectivity index (χ1) is 15.1. The highest BCUT2D eigenvalue weighted by Crippen LogP contribution is 2.16. The zero-order valence-electron chi connectivity index (χ0n) is 16.7. The van der Waals surface area contributed by atoms with Crippen LogP contribution in [0.15, 0.2) is 83.7 Å². The zero-order chi connectivity index (χ0) is 21.6. The fourth-order valence-electron chi connectivity index (χ4n) is 3.27. The van der Waals surface area contributed by atoms with Crippen LogP contribution >= 0.6 is 0 Å². The Balaban J connectivity index is 1.31. The lowest BCUT2D eigenvalue weighted by Gasteiger charge is -2.06. The van der Waals surface area contributed by atoms with Crippen molar-refractivity contribution in [3.05, 3.63) is 106 Å². The summed E-state index contributed by atoms with van der Waals surface area (Å²) in [5.41, 5.74) is 1.58. The van der Waals surface area contributed by atoms with E-state index in [9.17, 15) is 14.4 Å². The topological polar surface area (TPSA) is 89.1 Å². The molecule has 1 aromatic heterocycles. The summed E-state index contributed by atoms with van der Waals surface area (Å²) in [6.45, 7) is 0. The van der Waals surface area contributed by atoms with Crippen LogP contribution in [-0.2, 0) is 11.2 Å². The van der Waals surface area contributed by atoms with Crippen LogP contribution in [0, 0.1) is 0 Å². The number of carbonyl (C=O) groups excluding carboxylic acids is 2. The molecule has 0 fully saturated rings. The van der Waals surface area contributed by atoms with Crippen LogP contribution in [0.2, 0.25) is 0 Å². The van der Waals surface area contributed by atoms with Gasteiger partial charge in [0.25, 0.3) is 5.56 Å². The van der Waals surface area contributed by atoms with Crippen molar-refractivity contribution in [3.63, 3.8) is 0 Å². The predicted molar refractivity (Wildman–Crippen MR) is 117 cm³/mol. The van der Waals surface area contributed by atoms with E-state index in [1.54, 1.807) is 54.6 Å². The molecule has 0 unspecified atom stereocenters. The molecule has 0 aliphatic heterocycles. The SMILES string of the molecule is O=C(CCCc1nc2ccccc2c(=O)[nH]1)Oc1ccc(C(=O)c2ccccc2)cc1. The molecule has 31 heavy (non-hydrogen) atoms. The minimum atomic E-state index is -0.384. The number of hydrogen-bond donors (Lipinski definition) is 1. The van der Waals surface area contributed by atoms with Gasteiger partial charge in [-0.15, -0.1) is 0 Å². The number of nitrogens with zero attached hydrogens (tertiary/aromatic N) is 1. The second-order valence-corrected chi connectivity index (χ2v) is 7.08. The largest absolute Gasteiger partial charge is 0.427 e. The number of hydrogen-bond acceptors (Lipinski definition) is 5. The van der Waals surface area contributed by atoms with Crippen molar-refractivity contribution in [2.45, 2.75) is 19.3 Å². The number of rotatable bonds is 7. The number of para-hydroxylation sites is 1. The van der Waals surface area contributed by atoms with Gasteiger partial charge in [0.1, 0.15) is 11.6 Å². The third-order valence-corrected chi connectivity index (χ3v) is 4.84. The summed E-state index contributed by atoms with van der Waals surface area (Å²) in [7, 11) is 0. The fraction of sp³-hybridized carbons (Fsp3) is 0.120. The number of benzene rings is 3. The summed E-state index contributed by atoms with van der Waals surface area (Å²) in [6, 6.07) is 22.6. The Morgan fingerprint density at radius 3 is 2.29 bits per heavy atom. The molecule has 0 aliphatic carbocycles. The zero-order valence-corrected chi connectivity index (χ0v) is 16.7. The molecular formula is C25H20N2O4. The van der Waals surface area contributed by atoms with Crippen molar-refractivity contribution in [1.82, 2.24) is 9.97 Å². The molecule has 6 nitrogen and oxygen atoms in total. The van der Waals surface area contributed by atoms with E-state index >= 15 is 0 Å². The molecule has 0 bridgehead atoms. The smallest absolute Gasteiger partial charge is 0.311 e. The summed E-state index contributed by atoms with van der Waals surface area (Å²) < 4.78 is 5.34. The van der Waals surface area contributed by atoms with Crippen molar-refractivity contribution in [1.29, 1.82) is 0 Å². The van der Waals surface area contributed by atoms with Crippen molar-refractivity contribution in [2.24, 2.45) is 0 Å². The quantitative estimate of drug-likeness (QED) is 0.281. The number of ketones is 1. The fourth-order valence-corrected chi connectivity index (χ4v) is 3.27. The first-order valence-corrected chi connectivity index (χ1v) is 9.98. The number of ether oxygens (including phenoxy) is 1. The highest BCUT2D eigenvalue weighted by atomic mass is 16.5. The standard InChI is InChI=1S/C25H20N2O4/c28-23(12-6-11-22-26-21-10-5-4-9-20(21)25(30)27-22)31-19-15-13-18(14-16-19)24(29)17-7-2-1-3-8-17/h1-5,7-10,13-16H,6,11-12H2,(H,26,27,30). The van der Waals surface area contributed by atoms with Crippen molar-refractivity contribution >= 4 is 22.7 Å². The highest BCUT2D eigenvalue weighted by Gasteiger charge is 2.11. The van der Waals surface area contributed by atoms with Crippen LogP contribution in [0.4, 0.5) is 0 Å². The predicted octanol–water partition coefficient (Wildman–Crippen LogP) is 4.08. The minimum absolute atomic E-state index is 0.0876. The lowest BCUT2D eigenvalue weighted by atomic mass is 10.0. The average Bonchev–Trinajstić information content (AvgIpc) is 2.80. The van der Waals surface area contributed by atoms with Crippen LogP contribution in [-0.4, -0.2) is 21.7 Å². The van der Waals surface area contributed by atoms with Crippen LogP contribution < -0.4 is 10.3 Å². The molecular weight excluding hydrogens is 392 g/mol. The lowest BCUT2D eigenvalue weighted by molar-refractivity contribution is -0.134. The molecule has 4 aromatic rings. The maximum atomic E-state index is 12.4. The van der Waals surface area contributed by atoms with Crippen molar-refractivity contribution in [3.8, 4) is 5.75 Å². The van der Waals surface area contributed by atoms with Gasteiger partial charge >= 0.3 is 5.97 Å². The third-order valence-electron chi connectivity index (χ3n) is 4.84. The summed E-state index contributed by atoms with van der Waals surface area (Å²) in [5.74, 6) is 0.452. The van der Waals surface area contributed by atoms with E-state index < -0.39 is 0 Å². The Hall–Kier alpha value is -4.06. The Morgan fingerprint density at radius 1 is 0.839 bits per heavy atom. The average molecular weight is 412 g/mol. The second-order valence-electron chi connectivity index (χ2n) is 7.08. The number of aromatic amines is 1. The Bertz CT molecular complexity index is 1280. The van der Waals surface area contributed by atoms with Gasteiger partial charge in [0.15, 0.2) is 5.78 Å². The molecule has 0 atom stereocenters. The van der Waals surface area contributed by atoms with E-state index in [4.69, 9.17) is 4.74 Å². The second kappa shape index (κ2) is 9.17. The van der Waals surface area contributed by atoms with Gasteiger partial charge in [-0.05, 0) is 42.8 Å². The third kappa shape index (κ3) is 4.93. The number of aromatic nitrogens is 2. The summed E-state index contributed by atoms with van der Waals surface area (Å²) in [6.07, 6.45) is 1.13. The summed E-state index contributed by atoms with van der Waals surface area (Å²) >= 11 is 0. The molecule has 4 rings (SSSR count). The molecule has 6 heteroatoms.